The molecule has 4 atom stereocenters. The number of nitrogens with zero attached hydrogens (tertiary/aromatic N) is 4. The molecular formula is C30H37N5O2. The van der Waals surface area contributed by atoms with Crippen LogP contribution in [0.1, 0.15) is 62.5 Å². The van der Waals surface area contributed by atoms with Crippen molar-refractivity contribution in [2.24, 2.45) is 5.92 Å². The Balaban J connectivity index is 1.12. The number of rotatable bonds is 7. The summed E-state index contributed by atoms with van der Waals surface area (Å²) in [6.07, 6.45) is 5.70. The lowest BCUT2D eigenvalue weighted by atomic mass is 9.94. The van der Waals surface area contributed by atoms with Gasteiger partial charge in [-0.3, -0.25) is 14.5 Å². The number of hydrogen-bond acceptors (Lipinski definition) is 4. The Morgan fingerprint density at radius 3 is 2.35 bits per heavy atom. The highest BCUT2D eigenvalue weighted by molar-refractivity contribution is 5.84. The van der Waals surface area contributed by atoms with E-state index in [0.29, 0.717) is 31.2 Å². The number of carbonyl (C=O) groups excluding carboxylic acids is 2. The van der Waals surface area contributed by atoms with Crippen molar-refractivity contribution in [3.05, 3.63) is 66.0 Å². The average molecular weight is 500 g/mol. The number of hydrogen-bond donors (Lipinski definition) is 1. The number of benzene rings is 2. The molecule has 0 radical (unpaired) electrons. The van der Waals surface area contributed by atoms with E-state index < -0.39 is 0 Å². The summed E-state index contributed by atoms with van der Waals surface area (Å²) in [6, 6.07) is 20.5. The maximum Gasteiger partial charge on any atom is 0.227 e. The van der Waals surface area contributed by atoms with Crippen LogP contribution < -0.4 is 5.32 Å². The fourth-order valence-corrected chi connectivity index (χ4v) is 6.92. The number of imidazole rings is 1. The summed E-state index contributed by atoms with van der Waals surface area (Å²) < 4.78 is 2.48. The van der Waals surface area contributed by atoms with Crippen molar-refractivity contribution in [2.45, 2.75) is 70.1 Å². The third-order valence-electron chi connectivity index (χ3n) is 8.89. The molecular weight excluding hydrogens is 462 g/mol. The van der Waals surface area contributed by atoms with Crippen LogP contribution in [0.5, 0.6) is 0 Å². The number of para-hydroxylation sites is 2. The quantitative estimate of drug-likeness (QED) is 0.528. The van der Waals surface area contributed by atoms with Gasteiger partial charge in [-0.2, -0.15) is 0 Å². The summed E-state index contributed by atoms with van der Waals surface area (Å²) in [5.41, 5.74) is 3.50. The highest BCUT2D eigenvalue weighted by Gasteiger charge is 2.42. The molecule has 3 aliphatic heterocycles. The topological polar surface area (TPSA) is 70.5 Å². The van der Waals surface area contributed by atoms with E-state index in [1.807, 2.05) is 18.2 Å². The van der Waals surface area contributed by atoms with Crippen LogP contribution in [0.2, 0.25) is 0 Å². The normalized spacial score (nSPS) is 24.7. The zero-order valence-corrected chi connectivity index (χ0v) is 21.8. The number of likely N-dealkylation sites (tertiary alicyclic amines) is 1. The van der Waals surface area contributed by atoms with Gasteiger partial charge in [0.2, 0.25) is 11.8 Å². The Hall–Kier alpha value is -3.19. The molecule has 3 aromatic rings. The SMILES string of the molecule is CC(=O)N1CC(C(=O)N[C@@H](CCN2[C@@H]3CC[C@H]2CC(n2c(C)nc4ccccc42)C3)c2ccccc2)C1. The van der Waals surface area contributed by atoms with Crippen molar-refractivity contribution >= 4 is 22.8 Å². The number of aromatic nitrogens is 2. The summed E-state index contributed by atoms with van der Waals surface area (Å²) in [4.78, 5) is 33.8. The van der Waals surface area contributed by atoms with Gasteiger partial charge in [0.1, 0.15) is 5.82 Å². The third-order valence-corrected chi connectivity index (χ3v) is 8.89. The molecule has 1 aromatic heterocycles. The first-order valence-corrected chi connectivity index (χ1v) is 13.8. The van der Waals surface area contributed by atoms with E-state index in [2.05, 4.69) is 58.1 Å². The number of carbonyl (C=O) groups is 2. The van der Waals surface area contributed by atoms with Crippen molar-refractivity contribution < 1.29 is 9.59 Å². The highest BCUT2D eigenvalue weighted by Crippen LogP contribution is 2.42. The van der Waals surface area contributed by atoms with Gasteiger partial charge >= 0.3 is 0 Å². The smallest absolute Gasteiger partial charge is 0.227 e. The number of fused-ring (bicyclic) bond motifs is 3. The first-order chi connectivity index (χ1) is 18.0. The first-order valence-electron chi connectivity index (χ1n) is 13.8. The molecule has 4 heterocycles. The number of nitrogens with one attached hydrogen (secondary N) is 1. The molecule has 0 spiro atoms. The molecule has 7 heteroatoms. The monoisotopic (exact) mass is 499 g/mol. The lowest BCUT2D eigenvalue weighted by Crippen LogP contribution is -2.55. The third kappa shape index (κ3) is 4.65. The predicted molar refractivity (Wildman–Crippen MR) is 144 cm³/mol. The van der Waals surface area contributed by atoms with Crippen LogP contribution >= 0.6 is 0 Å². The molecule has 2 aromatic carbocycles. The fourth-order valence-electron chi connectivity index (χ4n) is 6.92. The average Bonchev–Trinajstić information content (AvgIpc) is 3.31. The molecule has 1 unspecified atom stereocenters. The van der Waals surface area contributed by atoms with Crippen LogP contribution in [-0.2, 0) is 9.59 Å². The molecule has 3 saturated heterocycles. The summed E-state index contributed by atoms with van der Waals surface area (Å²) in [5.74, 6) is 1.12. The van der Waals surface area contributed by atoms with E-state index in [0.717, 1.165) is 42.7 Å². The van der Waals surface area contributed by atoms with Crippen LogP contribution in [0.25, 0.3) is 11.0 Å². The molecule has 1 N–H and O–H groups in total. The molecule has 7 nitrogen and oxygen atoms in total. The number of piperidine rings is 1. The van der Waals surface area contributed by atoms with Gasteiger partial charge in [0.05, 0.1) is 23.0 Å². The molecule has 2 amide bonds. The highest BCUT2D eigenvalue weighted by atomic mass is 16.2. The van der Waals surface area contributed by atoms with Crippen LogP contribution in [0.3, 0.4) is 0 Å². The van der Waals surface area contributed by atoms with Gasteiger partial charge in [-0.1, -0.05) is 42.5 Å². The maximum atomic E-state index is 13.0. The second kappa shape index (κ2) is 9.93. The molecule has 2 bridgehead atoms. The summed E-state index contributed by atoms with van der Waals surface area (Å²) >= 11 is 0. The van der Waals surface area contributed by atoms with Crippen molar-refractivity contribution in [3.8, 4) is 0 Å². The summed E-state index contributed by atoms with van der Waals surface area (Å²) in [7, 11) is 0. The standard InChI is InChI=1S/C30H37N5O2/c1-20-31-28-10-6-7-11-29(28)35(20)26-16-24-12-13-25(17-26)34(24)15-14-27(22-8-4-3-5-9-22)32-30(37)23-18-33(19-23)21(2)36/h3-11,23-27H,12-19H2,1-2H3,(H,32,37)/t24-,25+,26?,27-/m0/s1. The molecule has 0 aliphatic carbocycles. The Bertz CT molecular complexity index is 1270. The lowest BCUT2D eigenvalue weighted by Gasteiger charge is -2.41. The molecule has 0 saturated carbocycles. The van der Waals surface area contributed by atoms with Crippen molar-refractivity contribution in [2.75, 3.05) is 19.6 Å². The van der Waals surface area contributed by atoms with Crippen molar-refractivity contribution in [1.82, 2.24) is 24.7 Å². The van der Waals surface area contributed by atoms with Crippen molar-refractivity contribution in [3.63, 3.8) is 0 Å². The zero-order valence-electron chi connectivity index (χ0n) is 21.8. The summed E-state index contributed by atoms with van der Waals surface area (Å²) in [5, 5.41) is 3.33. The van der Waals surface area contributed by atoms with Crippen LogP contribution in [0.4, 0.5) is 0 Å². The Morgan fingerprint density at radius 2 is 1.65 bits per heavy atom. The van der Waals surface area contributed by atoms with Gasteiger partial charge in [0, 0.05) is 44.7 Å². The van der Waals surface area contributed by atoms with E-state index in [1.165, 1.54) is 18.4 Å². The van der Waals surface area contributed by atoms with E-state index >= 15 is 0 Å². The van der Waals surface area contributed by atoms with Crippen LogP contribution in [-0.4, -0.2) is 62.9 Å². The maximum absolute atomic E-state index is 13.0. The van der Waals surface area contributed by atoms with E-state index in [9.17, 15) is 9.59 Å². The molecule has 3 aliphatic rings. The number of amides is 2. The minimum atomic E-state index is -0.102. The van der Waals surface area contributed by atoms with Gasteiger partial charge in [-0.05, 0) is 56.7 Å². The fraction of sp³-hybridized carbons (Fsp3) is 0.500. The minimum Gasteiger partial charge on any atom is -0.349 e. The van der Waals surface area contributed by atoms with E-state index in [1.54, 1.807) is 11.8 Å². The van der Waals surface area contributed by atoms with E-state index in [4.69, 9.17) is 4.98 Å². The second-order valence-electron chi connectivity index (χ2n) is 11.1. The lowest BCUT2D eigenvalue weighted by molar-refractivity contribution is -0.141. The van der Waals surface area contributed by atoms with Crippen LogP contribution in [0.15, 0.2) is 54.6 Å². The first kappa shape index (κ1) is 24.2. The summed E-state index contributed by atoms with van der Waals surface area (Å²) in [6.45, 7) is 5.75. The van der Waals surface area contributed by atoms with Gasteiger partial charge in [-0.15, -0.1) is 0 Å². The zero-order chi connectivity index (χ0) is 25.5. The molecule has 3 fully saturated rings. The van der Waals surface area contributed by atoms with Gasteiger partial charge in [0.25, 0.3) is 0 Å². The number of aryl methyl sites for hydroxylation is 1. The molecule has 6 rings (SSSR count). The van der Waals surface area contributed by atoms with Gasteiger partial charge in [0.15, 0.2) is 0 Å². The molecule has 37 heavy (non-hydrogen) atoms. The van der Waals surface area contributed by atoms with Gasteiger partial charge in [-0.25, -0.2) is 4.98 Å². The van der Waals surface area contributed by atoms with Crippen molar-refractivity contribution in [1.29, 1.82) is 0 Å². The Labute approximate surface area is 218 Å². The Morgan fingerprint density at radius 1 is 0.973 bits per heavy atom. The van der Waals surface area contributed by atoms with E-state index in [-0.39, 0.29) is 23.8 Å². The Kier molecular flexibility index (Phi) is 6.49. The van der Waals surface area contributed by atoms with Crippen LogP contribution in [0, 0.1) is 12.8 Å². The largest absolute Gasteiger partial charge is 0.349 e. The van der Waals surface area contributed by atoms with Gasteiger partial charge < -0.3 is 14.8 Å². The second-order valence-corrected chi connectivity index (χ2v) is 11.1. The molecule has 194 valence electrons. The minimum absolute atomic E-state index is 0.0166. The predicted octanol–water partition coefficient (Wildman–Crippen LogP) is 4.24.